The fourth-order valence-electron chi connectivity index (χ4n) is 1.47. The van der Waals surface area contributed by atoms with Crippen LogP contribution in [0.5, 0.6) is 0 Å². The Morgan fingerprint density at radius 2 is 1.42 bits per heavy atom. The molecule has 0 rings (SSSR count). The molecule has 0 aromatic heterocycles. The predicted octanol–water partition coefficient (Wildman–Crippen LogP) is 4.34. The van der Waals surface area contributed by atoms with Crippen molar-refractivity contribution in [3.63, 3.8) is 0 Å². The largest absolute Gasteiger partial charge is 0.501 e. The van der Waals surface area contributed by atoms with E-state index in [-0.39, 0.29) is 0 Å². The minimum absolute atomic E-state index is 0.570. The SMILES string of the molecule is CCCC[Si](OC)(OCC=C(C)C)OCC=C(C)C. The van der Waals surface area contributed by atoms with E-state index in [4.69, 9.17) is 13.3 Å². The Hall–Kier alpha value is -0.423. The fraction of sp³-hybridized carbons (Fsp3) is 0.733. The first kappa shape index (κ1) is 18.6. The third-order valence-corrected chi connectivity index (χ3v) is 5.54. The highest BCUT2D eigenvalue weighted by Gasteiger charge is 2.38. The highest BCUT2D eigenvalue weighted by Crippen LogP contribution is 2.19. The maximum Gasteiger partial charge on any atom is 0.501 e. The summed E-state index contributed by atoms with van der Waals surface area (Å²) in [5, 5.41) is 0. The average Bonchev–Trinajstić information content (AvgIpc) is 2.34. The van der Waals surface area contributed by atoms with E-state index in [1.165, 1.54) is 11.1 Å². The fourth-order valence-corrected chi connectivity index (χ4v) is 3.74. The molecule has 19 heavy (non-hydrogen) atoms. The van der Waals surface area contributed by atoms with Crippen molar-refractivity contribution in [1.82, 2.24) is 0 Å². The van der Waals surface area contributed by atoms with Crippen molar-refractivity contribution in [2.75, 3.05) is 20.3 Å². The zero-order valence-electron chi connectivity index (χ0n) is 13.4. The summed E-state index contributed by atoms with van der Waals surface area (Å²) in [7, 11) is -0.812. The molecule has 0 aromatic carbocycles. The molecular formula is C15H30O3Si. The predicted molar refractivity (Wildman–Crippen MR) is 83.2 cm³/mol. The van der Waals surface area contributed by atoms with Crippen LogP contribution in [0.2, 0.25) is 6.04 Å². The molecule has 0 N–H and O–H groups in total. The third kappa shape index (κ3) is 9.16. The smallest absolute Gasteiger partial charge is 0.377 e. The number of hydrogen-bond acceptors (Lipinski definition) is 3. The van der Waals surface area contributed by atoms with Gasteiger partial charge in [0.05, 0.1) is 13.2 Å². The highest BCUT2D eigenvalue weighted by atomic mass is 28.4. The molecule has 3 nitrogen and oxygen atoms in total. The molecule has 0 saturated heterocycles. The minimum Gasteiger partial charge on any atom is -0.377 e. The summed E-state index contributed by atoms with van der Waals surface area (Å²) in [6, 6.07) is 0.882. The third-order valence-electron chi connectivity index (χ3n) is 2.74. The number of hydrogen-bond donors (Lipinski definition) is 0. The second-order valence-corrected chi connectivity index (χ2v) is 8.03. The lowest BCUT2D eigenvalue weighted by Gasteiger charge is -2.27. The van der Waals surface area contributed by atoms with Gasteiger partial charge in [-0.25, -0.2) is 0 Å². The molecule has 0 heterocycles. The molecule has 0 aliphatic rings. The normalized spacial score (nSPS) is 11.3. The van der Waals surface area contributed by atoms with Crippen molar-refractivity contribution >= 4 is 8.80 Å². The van der Waals surface area contributed by atoms with Gasteiger partial charge in [0.2, 0.25) is 0 Å². The zero-order valence-corrected chi connectivity index (χ0v) is 14.4. The molecule has 0 aliphatic carbocycles. The quantitative estimate of drug-likeness (QED) is 0.442. The van der Waals surface area contributed by atoms with Crippen molar-refractivity contribution in [3.05, 3.63) is 23.3 Å². The number of allylic oxidation sites excluding steroid dienone is 2. The summed E-state index contributed by atoms with van der Waals surface area (Å²) in [5.41, 5.74) is 2.50. The Kier molecular flexibility index (Phi) is 10.1. The van der Waals surface area contributed by atoms with Gasteiger partial charge in [-0.1, -0.05) is 36.6 Å². The van der Waals surface area contributed by atoms with Crippen LogP contribution in [0.15, 0.2) is 23.3 Å². The molecule has 112 valence electrons. The second-order valence-electron chi connectivity index (χ2n) is 5.18. The molecule has 0 bridgehead atoms. The van der Waals surface area contributed by atoms with Crippen molar-refractivity contribution < 1.29 is 13.3 Å². The van der Waals surface area contributed by atoms with Crippen molar-refractivity contribution in [2.24, 2.45) is 0 Å². The van der Waals surface area contributed by atoms with Crippen LogP contribution in [-0.2, 0) is 13.3 Å². The minimum atomic E-state index is -2.51. The standard InChI is InChI=1S/C15H30O3Si/c1-7-8-13-19(16-6,17-11-9-14(2)3)18-12-10-15(4)5/h9-10H,7-8,11-13H2,1-6H3. The highest BCUT2D eigenvalue weighted by molar-refractivity contribution is 6.60. The van der Waals surface area contributed by atoms with E-state index in [2.05, 4.69) is 46.8 Å². The molecule has 0 unspecified atom stereocenters. The van der Waals surface area contributed by atoms with Crippen molar-refractivity contribution in [1.29, 1.82) is 0 Å². The topological polar surface area (TPSA) is 27.7 Å². The van der Waals surface area contributed by atoms with Gasteiger partial charge in [0.25, 0.3) is 0 Å². The molecule has 4 heteroatoms. The summed E-state index contributed by atoms with van der Waals surface area (Å²) < 4.78 is 17.6. The van der Waals surface area contributed by atoms with Crippen LogP contribution in [0.3, 0.4) is 0 Å². The molecule has 0 spiro atoms. The van der Waals surface area contributed by atoms with E-state index in [9.17, 15) is 0 Å². The maximum atomic E-state index is 5.96. The summed E-state index contributed by atoms with van der Waals surface area (Å²) in [6.45, 7) is 11.6. The monoisotopic (exact) mass is 286 g/mol. The van der Waals surface area contributed by atoms with Crippen LogP contribution >= 0.6 is 0 Å². The summed E-state index contributed by atoms with van der Waals surface area (Å²) in [4.78, 5) is 0. The van der Waals surface area contributed by atoms with Gasteiger partial charge in [-0.2, -0.15) is 0 Å². The van der Waals surface area contributed by atoms with Crippen LogP contribution in [-0.4, -0.2) is 29.1 Å². The van der Waals surface area contributed by atoms with Gasteiger partial charge in [0, 0.05) is 13.2 Å². The molecule has 0 aromatic rings. The van der Waals surface area contributed by atoms with Crippen LogP contribution < -0.4 is 0 Å². The lowest BCUT2D eigenvalue weighted by molar-refractivity contribution is 0.0965. The zero-order chi connectivity index (χ0) is 14.7. The van der Waals surface area contributed by atoms with Crippen LogP contribution in [0.1, 0.15) is 47.5 Å². The first-order valence-electron chi connectivity index (χ1n) is 7.05. The Balaban J connectivity index is 4.56. The molecular weight excluding hydrogens is 256 g/mol. The van der Waals surface area contributed by atoms with E-state index < -0.39 is 8.80 Å². The van der Waals surface area contributed by atoms with Gasteiger partial charge in [-0.15, -0.1) is 0 Å². The first-order valence-corrected chi connectivity index (χ1v) is 8.98. The van der Waals surface area contributed by atoms with Crippen LogP contribution in [0, 0.1) is 0 Å². The second kappa shape index (κ2) is 10.4. The maximum absolute atomic E-state index is 5.96. The van der Waals surface area contributed by atoms with E-state index in [1.54, 1.807) is 7.11 Å². The van der Waals surface area contributed by atoms with Gasteiger partial charge in [0.1, 0.15) is 0 Å². The Labute approximate surface area is 120 Å². The van der Waals surface area contributed by atoms with Gasteiger partial charge < -0.3 is 13.3 Å². The van der Waals surface area contributed by atoms with E-state index in [1.807, 2.05) is 0 Å². The van der Waals surface area contributed by atoms with E-state index in [0.29, 0.717) is 13.2 Å². The van der Waals surface area contributed by atoms with Gasteiger partial charge in [-0.05, 0) is 34.1 Å². The van der Waals surface area contributed by atoms with Gasteiger partial charge >= 0.3 is 8.80 Å². The van der Waals surface area contributed by atoms with Gasteiger partial charge in [0.15, 0.2) is 0 Å². The van der Waals surface area contributed by atoms with Crippen LogP contribution in [0.25, 0.3) is 0 Å². The van der Waals surface area contributed by atoms with Gasteiger partial charge in [-0.3, -0.25) is 0 Å². The molecule has 0 aliphatic heterocycles. The number of rotatable bonds is 10. The number of unbranched alkanes of at least 4 members (excludes halogenated alkanes) is 1. The summed E-state index contributed by atoms with van der Waals surface area (Å²) >= 11 is 0. The average molecular weight is 286 g/mol. The summed E-state index contributed by atoms with van der Waals surface area (Å²) in [5.74, 6) is 0. The lowest BCUT2D eigenvalue weighted by atomic mass is 10.3. The molecule has 0 radical (unpaired) electrons. The molecule has 0 amide bonds. The first-order chi connectivity index (χ1) is 8.95. The Bertz CT molecular complexity index is 268. The molecule has 0 atom stereocenters. The summed E-state index contributed by atoms with van der Waals surface area (Å²) in [6.07, 6.45) is 6.33. The van der Waals surface area contributed by atoms with E-state index in [0.717, 1.165) is 18.9 Å². The molecule has 0 saturated carbocycles. The lowest BCUT2D eigenvalue weighted by Crippen LogP contribution is -2.45. The van der Waals surface area contributed by atoms with Crippen molar-refractivity contribution in [2.45, 2.75) is 53.5 Å². The Morgan fingerprint density at radius 3 is 1.74 bits per heavy atom. The Morgan fingerprint density at radius 1 is 0.947 bits per heavy atom. The van der Waals surface area contributed by atoms with Crippen LogP contribution in [0.4, 0.5) is 0 Å². The molecule has 0 fully saturated rings. The van der Waals surface area contributed by atoms with Crippen molar-refractivity contribution in [3.8, 4) is 0 Å². The van der Waals surface area contributed by atoms with E-state index >= 15 is 0 Å².